The van der Waals surface area contributed by atoms with Crippen LogP contribution in [0.3, 0.4) is 0 Å². The van der Waals surface area contributed by atoms with Gasteiger partial charge in [-0.05, 0) is 47.5 Å². The van der Waals surface area contributed by atoms with Gasteiger partial charge in [0.05, 0.1) is 0 Å². The van der Waals surface area contributed by atoms with Gasteiger partial charge in [-0.25, -0.2) is 13.2 Å². The molecule has 0 radical (unpaired) electrons. The van der Waals surface area contributed by atoms with Crippen molar-refractivity contribution in [2.45, 2.75) is 6.61 Å². The first-order valence-electron chi connectivity index (χ1n) is 7.25. The molecular formula is C19H11Cl2F3O. The summed E-state index contributed by atoms with van der Waals surface area (Å²) in [6, 6.07) is 12.5. The van der Waals surface area contributed by atoms with Crippen LogP contribution < -0.4 is 4.74 Å². The molecule has 0 aromatic heterocycles. The van der Waals surface area contributed by atoms with E-state index < -0.39 is 17.5 Å². The number of halogens is 5. The quantitative estimate of drug-likeness (QED) is 0.490. The average molecular weight is 383 g/mol. The number of ether oxygens (including phenoxy) is 1. The van der Waals surface area contributed by atoms with Crippen molar-refractivity contribution in [3.63, 3.8) is 0 Å². The van der Waals surface area contributed by atoms with Crippen LogP contribution in [-0.2, 0) is 6.61 Å². The maximum atomic E-state index is 13.9. The second kappa shape index (κ2) is 7.38. The van der Waals surface area contributed by atoms with Crippen molar-refractivity contribution in [2.75, 3.05) is 0 Å². The molecule has 0 saturated carbocycles. The normalized spacial score (nSPS) is 10.8. The molecule has 0 N–H and O–H groups in total. The third kappa shape index (κ3) is 4.27. The molecule has 3 rings (SSSR count). The Hall–Kier alpha value is -2.17. The zero-order valence-electron chi connectivity index (χ0n) is 12.7. The molecule has 0 heterocycles. The van der Waals surface area contributed by atoms with Crippen molar-refractivity contribution in [3.8, 4) is 16.9 Å². The van der Waals surface area contributed by atoms with E-state index in [1.165, 1.54) is 18.2 Å². The van der Waals surface area contributed by atoms with Gasteiger partial charge in [-0.1, -0.05) is 35.3 Å². The molecule has 1 nitrogen and oxygen atoms in total. The van der Waals surface area contributed by atoms with Gasteiger partial charge in [0.2, 0.25) is 0 Å². The lowest BCUT2D eigenvalue weighted by atomic mass is 10.1. The van der Waals surface area contributed by atoms with E-state index in [2.05, 4.69) is 0 Å². The Labute approximate surface area is 152 Å². The molecule has 0 unspecified atom stereocenters. The van der Waals surface area contributed by atoms with Gasteiger partial charge in [0.25, 0.3) is 0 Å². The van der Waals surface area contributed by atoms with E-state index in [-0.39, 0.29) is 12.4 Å². The number of rotatable bonds is 4. The highest BCUT2D eigenvalue weighted by atomic mass is 35.5. The van der Waals surface area contributed by atoms with E-state index in [1.54, 1.807) is 24.3 Å². The predicted octanol–water partition coefficient (Wildman–Crippen LogP) is 6.66. The highest BCUT2D eigenvalue weighted by Crippen LogP contribution is 2.33. The monoisotopic (exact) mass is 382 g/mol. The lowest BCUT2D eigenvalue weighted by Crippen LogP contribution is -1.98. The van der Waals surface area contributed by atoms with Gasteiger partial charge in [0.1, 0.15) is 18.2 Å². The van der Waals surface area contributed by atoms with Gasteiger partial charge in [0.15, 0.2) is 11.6 Å². The SMILES string of the molecule is Fc1cc(OCc2ccc(F)c(F)c2)cc(-c2ccc(Cl)cc2Cl)c1. The first kappa shape index (κ1) is 17.6. The summed E-state index contributed by atoms with van der Waals surface area (Å²) in [5.74, 6) is -2.17. The number of hydrogen-bond donors (Lipinski definition) is 0. The summed E-state index contributed by atoms with van der Waals surface area (Å²) < 4.78 is 45.6. The van der Waals surface area contributed by atoms with Crippen molar-refractivity contribution < 1.29 is 17.9 Å². The molecule has 0 spiro atoms. The molecule has 0 aliphatic heterocycles. The minimum absolute atomic E-state index is 0.0333. The first-order valence-corrected chi connectivity index (χ1v) is 8.01. The van der Waals surface area contributed by atoms with Crippen LogP contribution in [0, 0.1) is 17.5 Å². The third-order valence-electron chi connectivity index (χ3n) is 3.50. The fraction of sp³-hybridized carbons (Fsp3) is 0.0526. The van der Waals surface area contributed by atoms with Crippen LogP contribution in [0.15, 0.2) is 54.6 Å². The lowest BCUT2D eigenvalue weighted by molar-refractivity contribution is 0.303. The maximum Gasteiger partial charge on any atom is 0.159 e. The molecule has 3 aromatic rings. The van der Waals surface area contributed by atoms with Gasteiger partial charge in [-0.3, -0.25) is 0 Å². The molecule has 0 atom stereocenters. The Morgan fingerprint density at radius 2 is 1.60 bits per heavy atom. The molecule has 3 aromatic carbocycles. The minimum Gasteiger partial charge on any atom is -0.489 e. The third-order valence-corrected chi connectivity index (χ3v) is 4.05. The van der Waals surface area contributed by atoms with E-state index in [0.29, 0.717) is 26.7 Å². The summed E-state index contributed by atoms with van der Waals surface area (Å²) in [4.78, 5) is 0. The van der Waals surface area contributed by atoms with E-state index in [0.717, 1.165) is 12.1 Å². The molecule has 0 fully saturated rings. The molecule has 0 amide bonds. The largest absolute Gasteiger partial charge is 0.489 e. The maximum absolute atomic E-state index is 13.9. The summed E-state index contributed by atoms with van der Waals surface area (Å²) in [5.41, 5.74) is 1.54. The smallest absolute Gasteiger partial charge is 0.159 e. The van der Waals surface area contributed by atoms with Crippen LogP contribution in [0.4, 0.5) is 13.2 Å². The van der Waals surface area contributed by atoms with Crippen molar-refractivity contribution in [1.82, 2.24) is 0 Å². The highest BCUT2D eigenvalue weighted by Gasteiger charge is 2.09. The van der Waals surface area contributed by atoms with Crippen molar-refractivity contribution in [3.05, 3.63) is 87.7 Å². The minimum atomic E-state index is -0.964. The van der Waals surface area contributed by atoms with E-state index >= 15 is 0 Å². The Kier molecular flexibility index (Phi) is 5.21. The summed E-state index contributed by atoms with van der Waals surface area (Å²) in [5, 5.41) is 0.851. The standard InChI is InChI=1S/C19H11Cl2F3O/c20-13-2-3-16(17(21)8-13)12-6-14(22)9-15(7-12)25-10-11-1-4-18(23)19(24)5-11/h1-9H,10H2. The van der Waals surface area contributed by atoms with Gasteiger partial charge in [-0.15, -0.1) is 0 Å². The first-order chi connectivity index (χ1) is 11.9. The Bertz CT molecular complexity index is 929. The average Bonchev–Trinajstić information content (AvgIpc) is 2.55. The Balaban J connectivity index is 1.85. The fourth-order valence-electron chi connectivity index (χ4n) is 2.32. The molecule has 0 aliphatic rings. The molecular weight excluding hydrogens is 372 g/mol. The van der Waals surface area contributed by atoms with Crippen LogP contribution in [0.1, 0.15) is 5.56 Å². The molecule has 25 heavy (non-hydrogen) atoms. The number of hydrogen-bond acceptors (Lipinski definition) is 1. The van der Waals surface area contributed by atoms with Crippen LogP contribution >= 0.6 is 23.2 Å². The van der Waals surface area contributed by atoms with Crippen LogP contribution in [0.25, 0.3) is 11.1 Å². The molecule has 6 heteroatoms. The van der Waals surface area contributed by atoms with Gasteiger partial charge in [0, 0.05) is 21.7 Å². The second-order valence-corrected chi connectivity index (χ2v) is 6.18. The Morgan fingerprint density at radius 3 is 2.32 bits per heavy atom. The molecule has 0 aliphatic carbocycles. The van der Waals surface area contributed by atoms with Crippen LogP contribution in [0.5, 0.6) is 5.75 Å². The Morgan fingerprint density at radius 1 is 0.800 bits per heavy atom. The summed E-state index contributed by atoms with van der Waals surface area (Å²) in [6.07, 6.45) is 0. The lowest BCUT2D eigenvalue weighted by Gasteiger charge is -2.10. The van der Waals surface area contributed by atoms with Gasteiger partial charge in [-0.2, -0.15) is 0 Å². The summed E-state index contributed by atoms with van der Waals surface area (Å²) in [7, 11) is 0. The van der Waals surface area contributed by atoms with Crippen molar-refractivity contribution >= 4 is 23.2 Å². The van der Waals surface area contributed by atoms with Crippen molar-refractivity contribution in [2.24, 2.45) is 0 Å². The van der Waals surface area contributed by atoms with E-state index in [1.807, 2.05) is 0 Å². The molecule has 128 valence electrons. The predicted molar refractivity (Wildman–Crippen MR) is 92.5 cm³/mol. The van der Waals surface area contributed by atoms with Gasteiger partial charge < -0.3 is 4.74 Å². The zero-order valence-corrected chi connectivity index (χ0v) is 14.2. The summed E-state index contributed by atoms with van der Waals surface area (Å²) >= 11 is 12.0. The summed E-state index contributed by atoms with van der Waals surface area (Å²) in [6.45, 7) is -0.0333. The van der Waals surface area contributed by atoms with Gasteiger partial charge >= 0.3 is 0 Å². The molecule has 0 saturated heterocycles. The van der Waals surface area contributed by atoms with Crippen LogP contribution in [-0.4, -0.2) is 0 Å². The second-order valence-electron chi connectivity index (χ2n) is 5.34. The zero-order chi connectivity index (χ0) is 18.0. The van der Waals surface area contributed by atoms with Crippen LogP contribution in [0.2, 0.25) is 10.0 Å². The highest BCUT2D eigenvalue weighted by molar-refractivity contribution is 6.36. The number of benzene rings is 3. The molecule has 0 bridgehead atoms. The topological polar surface area (TPSA) is 9.23 Å². The van der Waals surface area contributed by atoms with Crippen molar-refractivity contribution in [1.29, 1.82) is 0 Å². The van der Waals surface area contributed by atoms with E-state index in [4.69, 9.17) is 27.9 Å². The van der Waals surface area contributed by atoms with E-state index in [9.17, 15) is 13.2 Å². The fourth-order valence-corrected chi connectivity index (χ4v) is 2.84.